The Morgan fingerprint density at radius 1 is 1.25 bits per heavy atom. The minimum atomic E-state index is -3.15. The second-order valence-corrected chi connectivity index (χ2v) is 9.25. The molecule has 20 heavy (non-hydrogen) atoms. The van der Waals surface area contributed by atoms with E-state index in [1.165, 1.54) is 38.4 Å². The lowest BCUT2D eigenvalue weighted by molar-refractivity contribution is 0.242. The molecule has 5 heteroatoms. The van der Waals surface area contributed by atoms with Crippen molar-refractivity contribution in [1.29, 1.82) is 0 Å². The summed E-state index contributed by atoms with van der Waals surface area (Å²) >= 11 is 0. The Bertz CT molecular complexity index is 391. The smallest absolute Gasteiger partial charge is 0.209 e. The number of hydrogen-bond donors (Lipinski definition) is 2. The lowest BCUT2D eigenvalue weighted by Gasteiger charge is -2.34. The molecule has 0 spiro atoms. The summed E-state index contributed by atoms with van der Waals surface area (Å²) in [6, 6.07) is 0.535. The van der Waals surface area contributed by atoms with Crippen molar-refractivity contribution in [2.75, 3.05) is 12.8 Å². The van der Waals surface area contributed by atoms with E-state index in [0.29, 0.717) is 12.6 Å². The Labute approximate surface area is 125 Å². The summed E-state index contributed by atoms with van der Waals surface area (Å²) in [6.45, 7) is 9.11. The van der Waals surface area contributed by atoms with E-state index in [1.807, 2.05) is 13.8 Å². The normalized spacial score (nSPS) is 25.1. The second-order valence-electron chi connectivity index (χ2n) is 7.50. The molecule has 0 aromatic rings. The largest absolute Gasteiger partial charge is 0.312 e. The van der Waals surface area contributed by atoms with Gasteiger partial charge in [0, 0.05) is 18.1 Å². The van der Waals surface area contributed by atoms with Gasteiger partial charge in [-0.2, -0.15) is 0 Å². The molecule has 2 unspecified atom stereocenters. The van der Waals surface area contributed by atoms with Crippen LogP contribution in [0.25, 0.3) is 0 Å². The van der Waals surface area contributed by atoms with Crippen LogP contribution in [-0.4, -0.2) is 32.8 Å². The highest BCUT2D eigenvalue weighted by Crippen LogP contribution is 2.29. The zero-order valence-corrected chi connectivity index (χ0v) is 14.5. The topological polar surface area (TPSA) is 58.2 Å². The Morgan fingerprint density at radius 2 is 1.90 bits per heavy atom. The minimum Gasteiger partial charge on any atom is -0.312 e. The number of rotatable bonds is 7. The van der Waals surface area contributed by atoms with Gasteiger partial charge >= 0.3 is 0 Å². The van der Waals surface area contributed by atoms with Crippen LogP contribution in [0.2, 0.25) is 0 Å². The molecule has 1 fully saturated rings. The molecule has 2 N–H and O–H groups in total. The molecule has 0 saturated heterocycles. The van der Waals surface area contributed by atoms with Crippen LogP contribution in [-0.2, 0) is 10.0 Å². The third-order valence-electron chi connectivity index (χ3n) is 3.88. The van der Waals surface area contributed by atoms with Gasteiger partial charge in [-0.1, -0.05) is 26.7 Å². The maximum absolute atomic E-state index is 11.3. The predicted molar refractivity (Wildman–Crippen MR) is 85.3 cm³/mol. The third-order valence-corrected chi connectivity index (χ3v) is 4.81. The van der Waals surface area contributed by atoms with Crippen molar-refractivity contribution < 1.29 is 8.42 Å². The fraction of sp³-hybridized carbons (Fsp3) is 1.00. The van der Waals surface area contributed by atoms with E-state index >= 15 is 0 Å². The molecular formula is C15H32N2O2S. The summed E-state index contributed by atoms with van der Waals surface area (Å²) in [7, 11) is -3.15. The summed E-state index contributed by atoms with van der Waals surface area (Å²) in [4.78, 5) is 0. The summed E-state index contributed by atoms with van der Waals surface area (Å²) in [5, 5.41) is 3.56. The molecule has 0 aromatic carbocycles. The van der Waals surface area contributed by atoms with E-state index in [-0.39, 0.29) is 0 Å². The van der Waals surface area contributed by atoms with Crippen molar-refractivity contribution in [3.63, 3.8) is 0 Å². The van der Waals surface area contributed by atoms with Crippen molar-refractivity contribution in [3.05, 3.63) is 0 Å². The molecule has 2 atom stereocenters. The number of sulfonamides is 1. The van der Waals surface area contributed by atoms with Crippen LogP contribution in [0.3, 0.4) is 0 Å². The average Bonchev–Trinajstić information content (AvgIpc) is 2.23. The van der Waals surface area contributed by atoms with Crippen molar-refractivity contribution in [3.8, 4) is 0 Å². The van der Waals surface area contributed by atoms with Gasteiger partial charge in [-0.25, -0.2) is 13.1 Å². The van der Waals surface area contributed by atoms with Crippen molar-refractivity contribution in [2.45, 2.75) is 71.4 Å². The molecule has 0 bridgehead atoms. The summed E-state index contributed by atoms with van der Waals surface area (Å²) < 4.78 is 25.4. The molecule has 4 nitrogen and oxygen atoms in total. The Morgan fingerprint density at radius 3 is 2.45 bits per heavy atom. The zero-order chi connectivity index (χ0) is 15.4. The summed E-state index contributed by atoms with van der Waals surface area (Å²) in [6.07, 6.45) is 7.60. The molecule has 0 aliphatic heterocycles. The van der Waals surface area contributed by atoms with E-state index in [2.05, 4.69) is 23.9 Å². The quantitative estimate of drug-likeness (QED) is 0.760. The summed E-state index contributed by atoms with van der Waals surface area (Å²) in [5.74, 6) is 1.59. The Kier molecular flexibility index (Phi) is 6.48. The molecule has 1 aliphatic rings. The van der Waals surface area contributed by atoms with E-state index in [4.69, 9.17) is 0 Å². The average molecular weight is 305 g/mol. The molecule has 0 radical (unpaired) electrons. The highest BCUT2D eigenvalue weighted by atomic mass is 32.2. The fourth-order valence-corrected chi connectivity index (χ4v) is 4.37. The van der Waals surface area contributed by atoms with Gasteiger partial charge in [-0.3, -0.25) is 0 Å². The van der Waals surface area contributed by atoms with Gasteiger partial charge < -0.3 is 5.32 Å². The monoisotopic (exact) mass is 304 g/mol. The van der Waals surface area contributed by atoms with Gasteiger partial charge in [-0.15, -0.1) is 0 Å². The molecule has 0 amide bonds. The molecule has 1 aliphatic carbocycles. The van der Waals surface area contributed by atoms with Crippen molar-refractivity contribution in [1.82, 2.24) is 10.0 Å². The SMILES string of the molecule is CC(C)CC1CCCC(NCC(C)(C)NS(C)(=O)=O)C1. The van der Waals surface area contributed by atoms with E-state index in [9.17, 15) is 8.42 Å². The van der Waals surface area contributed by atoms with Crippen molar-refractivity contribution >= 4 is 10.0 Å². The Balaban J connectivity index is 2.40. The van der Waals surface area contributed by atoms with Crippen molar-refractivity contribution in [2.24, 2.45) is 11.8 Å². The lowest BCUT2D eigenvalue weighted by atomic mass is 9.81. The first-order valence-corrected chi connectivity index (χ1v) is 9.69. The van der Waals surface area contributed by atoms with Crippen LogP contribution in [0.15, 0.2) is 0 Å². The maximum Gasteiger partial charge on any atom is 0.209 e. The fourth-order valence-electron chi connectivity index (χ4n) is 3.29. The standard InChI is InChI=1S/C15H32N2O2S/c1-12(2)9-13-7-6-8-14(10-13)16-11-15(3,4)17-20(5,18)19/h12-14,16-17H,6-11H2,1-5H3. The highest BCUT2D eigenvalue weighted by Gasteiger charge is 2.26. The second kappa shape index (κ2) is 7.23. The van der Waals surface area contributed by atoms with E-state index < -0.39 is 15.6 Å². The summed E-state index contributed by atoms with van der Waals surface area (Å²) in [5.41, 5.74) is -0.432. The van der Waals surface area contributed by atoms with Gasteiger partial charge in [0.05, 0.1) is 6.26 Å². The van der Waals surface area contributed by atoms with Crippen LogP contribution in [0, 0.1) is 11.8 Å². The molecule has 0 heterocycles. The molecule has 1 rings (SSSR count). The van der Waals surface area contributed by atoms with Gasteiger partial charge in [0.1, 0.15) is 0 Å². The van der Waals surface area contributed by atoms with Gasteiger partial charge in [0.25, 0.3) is 0 Å². The molecular weight excluding hydrogens is 272 g/mol. The predicted octanol–water partition coefficient (Wildman–Crippen LogP) is 2.51. The van der Waals surface area contributed by atoms with Crippen LogP contribution >= 0.6 is 0 Å². The minimum absolute atomic E-state index is 0.432. The first-order valence-electron chi connectivity index (χ1n) is 7.80. The van der Waals surface area contributed by atoms with Gasteiger partial charge in [0.15, 0.2) is 0 Å². The van der Waals surface area contributed by atoms with Crippen LogP contribution < -0.4 is 10.0 Å². The van der Waals surface area contributed by atoms with E-state index in [1.54, 1.807) is 0 Å². The first-order chi connectivity index (χ1) is 9.07. The first kappa shape index (κ1) is 17.9. The molecule has 120 valence electrons. The molecule has 0 aromatic heterocycles. The van der Waals surface area contributed by atoms with Gasteiger partial charge in [0.2, 0.25) is 10.0 Å². The third kappa shape index (κ3) is 7.60. The number of hydrogen-bond acceptors (Lipinski definition) is 3. The molecule has 1 saturated carbocycles. The number of nitrogens with one attached hydrogen (secondary N) is 2. The van der Waals surface area contributed by atoms with Crippen LogP contribution in [0.1, 0.15) is 59.8 Å². The van der Waals surface area contributed by atoms with Crippen LogP contribution in [0.4, 0.5) is 0 Å². The van der Waals surface area contributed by atoms with Crippen LogP contribution in [0.5, 0.6) is 0 Å². The highest BCUT2D eigenvalue weighted by molar-refractivity contribution is 7.88. The van der Waals surface area contributed by atoms with Gasteiger partial charge in [-0.05, 0) is 44.9 Å². The zero-order valence-electron chi connectivity index (χ0n) is 13.7. The maximum atomic E-state index is 11.3. The van der Waals surface area contributed by atoms with E-state index in [0.717, 1.165) is 11.8 Å². The Hall–Kier alpha value is -0.130. The lowest BCUT2D eigenvalue weighted by Crippen LogP contribution is -2.52.